The molecule has 0 saturated heterocycles. The largest absolute Gasteiger partial charge is 0.497 e. The van der Waals surface area contributed by atoms with Crippen molar-refractivity contribution in [1.29, 1.82) is 0 Å². The van der Waals surface area contributed by atoms with E-state index in [-0.39, 0.29) is 23.9 Å². The van der Waals surface area contributed by atoms with E-state index in [1.54, 1.807) is 54.6 Å². The zero-order valence-electron chi connectivity index (χ0n) is 19.1. The van der Waals surface area contributed by atoms with Crippen LogP contribution in [0.1, 0.15) is 36.6 Å². The summed E-state index contributed by atoms with van der Waals surface area (Å²) in [5.74, 6) is -1.08. The molecule has 0 aliphatic carbocycles. The quantitative estimate of drug-likeness (QED) is 0.394. The molecule has 0 bridgehead atoms. The highest BCUT2D eigenvalue weighted by Gasteiger charge is 2.35. The predicted molar refractivity (Wildman–Crippen MR) is 126 cm³/mol. The molecule has 0 unspecified atom stereocenters. The Balaban J connectivity index is 1.37. The third kappa shape index (κ3) is 4.98. The molecule has 1 aliphatic rings. The van der Waals surface area contributed by atoms with E-state index in [0.717, 1.165) is 4.90 Å². The standard InChI is InChI=1S/C26H22N2O7/c1-33-18-10-11-21(22(13-18)34-2)27-23(29)15-35-26(32)17-7-5-6-16(12-17)14-28-24(30)19-8-3-4-9-20(19)25(28)31/h3-13H,14-15H2,1-2H3,(H,27,29). The van der Waals surface area contributed by atoms with E-state index in [0.29, 0.717) is 33.9 Å². The molecule has 0 radical (unpaired) electrons. The molecule has 1 heterocycles. The fourth-order valence-electron chi connectivity index (χ4n) is 3.66. The van der Waals surface area contributed by atoms with E-state index in [2.05, 4.69) is 5.32 Å². The summed E-state index contributed by atoms with van der Waals surface area (Å²) in [6.07, 6.45) is 0. The number of carbonyl (C=O) groups excluding carboxylic acids is 4. The minimum Gasteiger partial charge on any atom is -0.497 e. The summed E-state index contributed by atoms with van der Waals surface area (Å²) < 4.78 is 15.5. The summed E-state index contributed by atoms with van der Waals surface area (Å²) in [5.41, 5.74) is 1.87. The van der Waals surface area contributed by atoms with Crippen LogP contribution < -0.4 is 14.8 Å². The normalized spacial score (nSPS) is 12.2. The number of hydrogen-bond donors (Lipinski definition) is 1. The molecule has 9 nitrogen and oxygen atoms in total. The second-order valence-electron chi connectivity index (χ2n) is 7.63. The van der Waals surface area contributed by atoms with Gasteiger partial charge in [0, 0.05) is 6.07 Å². The Kier molecular flexibility index (Phi) is 6.77. The molecule has 178 valence electrons. The third-order valence-corrected chi connectivity index (χ3v) is 5.40. The van der Waals surface area contributed by atoms with Gasteiger partial charge in [-0.3, -0.25) is 19.3 Å². The van der Waals surface area contributed by atoms with Crippen LogP contribution in [0.5, 0.6) is 11.5 Å². The van der Waals surface area contributed by atoms with Crippen molar-refractivity contribution >= 4 is 29.4 Å². The lowest BCUT2D eigenvalue weighted by Gasteiger charge is -2.14. The van der Waals surface area contributed by atoms with Crippen molar-refractivity contribution < 1.29 is 33.4 Å². The number of nitrogens with one attached hydrogen (secondary N) is 1. The molecule has 3 aromatic rings. The van der Waals surface area contributed by atoms with E-state index >= 15 is 0 Å². The summed E-state index contributed by atoms with van der Waals surface area (Å²) in [6.45, 7) is -0.512. The smallest absolute Gasteiger partial charge is 0.338 e. The van der Waals surface area contributed by atoms with Gasteiger partial charge in [-0.15, -0.1) is 0 Å². The highest BCUT2D eigenvalue weighted by molar-refractivity contribution is 6.21. The molecule has 3 aromatic carbocycles. The first-order valence-electron chi connectivity index (χ1n) is 10.6. The van der Waals surface area contributed by atoms with Crippen LogP contribution in [0, 0.1) is 0 Å². The fourth-order valence-corrected chi connectivity index (χ4v) is 3.66. The Labute approximate surface area is 201 Å². The number of hydrogen-bond acceptors (Lipinski definition) is 7. The number of imide groups is 1. The molecule has 3 amide bonds. The van der Waals surface area contributed by atoms with Crippen molar-refractivity contribution in [3.05, 3.63) is 89.0 Å². The van der Waals surface area contributed by atoms with E-state index in [1.165, 1.54) is 26.4 Å². The van der Waals surface area contributed by atoms with E-state index < -0.39 is 18.5 Å². The Morgan fingerprint density at radius 1 is 0.857 bits per heavy atom. The Morgan fingerprint density at radius 3 is 2.23 bits per heavy atom. The van der Waals surface area contributed by atoms with Gasteiger partial charge >= 0.3 is 5.97 Å². The number of esters is 1. The van der Waals surface area contributed by atoms with Gasteiger partial charge in [-0.05, 0) is 42.0 Å². The third-order valence-electron chi connectivity index (χ3n) is 5.40. The lowest BCUT2D eigenvalue weighted by Crippen LogP contribution is -2.29. The molecular weight excluding hydrogens is 452 g/mol. The number of nitrogens with zero attached hydrogens (tertiary/aromatic N) is 1. The lowest BCUT2D eigenvalue weighted by atomic mass is 10.1. The average molecular weight is 474 g/mol. The first-order valence-corrected chi connectivity index (χ1v) is 10.6. The van der Waals surface area contributed by atoms with Gasteiger partial charge in [0.05, 0.1) is 43.1 Å². The monoisotopic (exact) mass is 474 g/mol. The summed E-state index contributed by atoms with van der Waals surface area (Å²) in [5, 5.41) is 2.62. The first kappa shape index (κ1) is 23.5. The van der Waals surface area contributed by atoms with Crippen molar-refractivity contribution in [2.45, 2.75) is 6.54 Å². The van der Waals surface area contributed by atoms with E-state index in [4.69, 9.17) is 14.2 Å². The second-order valence-corrected chi connectivity index (χ2v) is 7.63. The number of methoxy groups -OCH3 is 2. The minimum atomic E-state index is -0.717. The van der Waals surface area contributed by atoms with Gasteiger partial charge in [-0.25, -0.2) is 4.79 Å². The predicted octanol–water partition coefficient (Wildman–Crippen LogP) is 3.30. The summed E-state index contributed by atoms with van der Waals surface area (Å²) in [4.78, 5) is 51.1. The van der Waals surface area contributed by atoms with Gasteiger partial charge in [-0.1, -0.05) is 24.3 Å². The van der Waals surface area contributed by atoms with E-state index in [1.807, 2.05) is 0 Å². The van der Waals surface area contributed by atoms with E-state index in [9.17, 15) is 19.2 Å². The van der Waals surface area contributed by atoms with Gasteiger partial charge in [-0.2, -0.15) is 0 Å². The SMILES string of the molecule is COc1ccc(NC(=O)COC(=O)c2cccc(CN3C(=O)c4ccccc4C3=O)c2)c(OC)c1. The number of amides is 3. The van der Waals surface area contributed by atoms with Crippen LogP contribution in [0.4, 0.5) is 5.69 Å². The van der Waals surface area contributed by atoms with Gasteiger partial charge in [0.1, 0.15) is 11.5 Å². The van der Waals surface area contributed by atoms with Crippen LogP contribution in [-0.2, 0) is 16.1 Å². The molecule has 1 N–H and O–H groups in total. The Bertz CT molecular complexity index is 1280. The Hall–Kier alpha value is -4.66. The van der Waals surface area contributed by atoms with Crippen molar-refractivity contribution in [3.63, 3.8) is 0 Å². The number of benzene rings is 3. The highest BCUT2D eigenvalue weighted by atomic mass is 16.5. The molecule has 4 rings (SSSR count). The van der Waals surface area contributed by atoms with Crippen LogP contribution in [-0.4, -0.2) is 49.4 Å². The molecule has 35 heavy (non-hydrogen) atoms. The maximum Gasteiger partial charge on any atom is 0.338 e. The lowest BCUT2D eigenvalue weighted by molar-refractivity contribution is -0.119. The van der Waals surface area contributed by atoms with Gasteiger partial charge in [0.2, 0.25) is 0 Å². The van der Waals surface area contributed by atoms with Crippen molar-refractivity contribution in [2.24, 2.45) is 0 Å². The molecule has 0 atom stereocenters. The molecule has 0 saturated carbocycles. The average Bonchev–Trinajstić information content (AvgIpc) is 3.12. The summed E-state index contributed by atoms with van der Waals surface area (Å²) >= 11 is 0. The number of carbonyl (C=O) groups is 4. The van der Waals surface area contributed by atoms with Gasteiger partial charge < -0.3 is 19.5 Å². The van der Waals surface area contributed by atoms with Crippen LogP contribution in [0.2, 0.25) is 0 Å². The minimum absolute atomic E-state index is 0.00518. The Morgan fingerprint density at radius 2 is 1.57 bits per heavy atom. The zero-order valence-corrected chi connectivity index (χ0v) is 19.1. The van der Waals surface area contributed by atoms with Crippen LogP contribution in [0.25, 0.3) is 0 Å². The summed E-state index contributed by atoms with van der Waals surface area (Å²) in [6, 6.07) is 17.9. The summed E-state index contributed by atoms with van der Waals surface area (Å²) in [7, 11) is 2.97. The number of rotatable bonds is 8. The van der Waals surface area contributed by atoms with Crippen molar-refractivity contribution in [3.8, 4) is 11.5 Å². The van der Waals surface area contributed by atoms with Crippen LogP contribution >= 0.6 is 0 Å². The number of ether oxygens (including phenoxy) is 3. The molecule has 0 aromatic heterocycles. The van der Waals surface area contributed by atoms with Crippen molar-refractivity contribution in [1.82, 2.24) is 4.90 Å². The number of anilines is 1. The maximum absolute atomic E-state index is 12.6. The molecule has 0 spiro atoms. The number of fused-ring (bicyclic) bond motifs is 1. The van der Waals surface area contributed by atoms with Crippen molar-refractivity contribution in [2.75, 3.05) is 26.1 Å². The molecule has 0 fully saturated rings. The second kappa shape index (κ2) is 10.1. The molecule has 9 heteroatoms. The fraction of sp³-hybridized carbons (Fsp3) is 0.154. The van der Waals surface area contributed by atoms with Crippen LogP contribution in [0.3, 0.4) is 0 Å². The molecule has 1 aliphatic heterocycles. The zero-order chi connectivity index (χ0) is 24.9. The van der Waals surface area contributed by atoms with Gasteiger partial charge in [0.25, 0.3) is 17.7 Å². The van der Waals surface area contributed by atoms with Crippen LogP contribution in [0.15, 0.2) is 66.7 Å². The molecular formula is C26H22N2O7. The highest BCUT2D eigenvalue weighted by Crippen LogP contribution is 2.29. The van der Waals surface area contributed by atoms with Gasteiger partial charge in [0.15, 0.2) is 6.61 Å². The maximum atomic E-state index is 12.6. The topological polar surface area (TPSA) is 111 Å². The first-order chi connectivity index (χ1) is 16.9.